The second-order valence-corrected chi connectivity index (χ2v) is 8.82. The molecule has 2 nitrogen and oxygen atoms in total. The molecular formula is C22H33ClN2S. The van der Waals surface area contributed by atoms with Crippen molar-refractivity contribution in [3.05, 3.63) is 47.0 Å². The van der Waals surface area contributed by atoms with Gasteiger partial charge in [0.2, 0.25) is 0 Å². The molecule has 1 N–H and O–H groups in total. The smallest absolute Gasteiger partial charge is 0.157 e. The summed E-state index contributed by atoms with van der Waals surface area (Å²) >= 11 is 8.24. The van der Waals surface area contributed by atoms with E-state index < -0.39 is 0 Å². The molecule has 4 heteroatoms. The molecule has 2 rings (SSSR count). The summed E-state index contributed by atoms with van der Waals surface area (Å²) in [7, 11) is 0. The summed E-state index contributed by atoms with van der Waals surface area (Å²) in [5.74, 6) is 0. The predicted molar refractivity (Wildman–Crippen MR) is 119 cm³/mol. The Bertz CT molecular complexity index is 600. The van der Waals surface area contributed by atoms with Crippen molar-refractivity contribution in [2.75, 3.05) is 6.54 Å². The number of hydrogen-bond acceptors (Lipinski definition) is 2. The van der Waals surface area contributed by atoms with Gasteiger partial charge in [0.15, 0.2) is 5.17 Å². The van der Waals surface area contributed by atoms with Crippen LogP contribution in [0.25, 0.3) is 0 Å². The minimum atomic E-state index is 0.317. The van der Waals surface area contributed by atoms with E-state index in [1.54, 1.807) is 0 Å². The van der Waals surface area contributed by atoms with Crippen molar-refractivity contribution in [2.45, 2.75) is 76.5 Å². The number of hydrogen-bond donors (Lipinski definition) is 1. The van der Waals surface area contributed by atoms with Crippen molar-refractivity contribution in [1.29, 1.82) is 0 Å². The van der Waals surface area contributed by atoms with Gasteiger partial charge in [-0.3, -0.25) is 4.99 Å². The monoisotopic (exact) mass is 392 g/mol. The highest BCUT2D eigenvalue weighted by molar-refractivity contribution is 8.14. The van der Waals surface area contributed by atoms with Crippen LogP contribution in [-0.2, 0) is 0 Å². The molecule has 1 saturated heterocycles. The lowest BCUT2D eigenvalue weighted by Crippen LogP contribution is -2.35. The van der Waals surface area contributed by atoms with Crippen LogP contribution in [0.15, 0.2) is 35.8 Å². The predicted octanol–water partition coefficient (Wildman–Crippen LogP) is 7.08. The number of aliphatic imine (C=N–C) groups is 1. The molecule has 2 atom stereocenters. The van der Waals surface area contributed by atoms with Gasteiger partial charge in [0, 0.05) is 16.8 Å². The van der Waals surface area contributed by atoms with Crippen molar-refractivity contribution >= 4 is 28.5 Å². The summed E-state index contributed by atoms with van der Waals surface area (Å²) in [5.41, 5.74) is 2.41. The van der Waals surface area contributed by atoms with Crippen LogP contribution in [0.5, 0.6) is 0 Å². The third kappa shape index (κ3) is 7.00. The Kier molecular flexibility index (Phi) is 9.63. The molecule has 26 heavy (non-hydrogen) atoms. The van der Waals surface area contributed by atoms with E-state index in [1.165, 1.54) is 44.1 Å². The van der Waals surface area contributed by atoms with E-state index in [0.29, 0.717) is 11.3 Å². The van der Waals surface area contributed by atoms with Crippen molar-refractivity contribution in [3.8, 4) is 0 Å². The maximum atomic E-state index is 6.33. The summed E-state index contributed by atoms with van der Waals surface area (Å²) in [6.45, 7) is 9.02. The number of nitrogens with one attached hydrogen (secondary N) is 1. The van der Waals surface area contributed by atoms with Crippen LogP contribution in [0.2, 0.25) is 5.02 Å². The molecule has 0 aromatic heterocycles. The average Bonchev–Trinajstić information content (AvgIpc) is 2.65. The Hall–Kier alpha value is -0.930. The first-order valence-corrected chi connectivity index (χ1v) is 11.2. The van der Waals surface area contributed by atoms with Crippen LogP contribution < -0.4 is 5.32 Å². The molecule has 1 heterocycles. The normalized spacial score (nSPS) is 21.6. The van der Waals surface area contributed by atoms with Gasteiger partial charge in [0.1, 0.15) is 0 Å². The minimum Gasteiger partial charge on any atom is -0.358 e. The molecule has 2 unspecified atom stereocenters. The molecule has 1 aliphatic heterocycles. The van der Waals surface area contributed by atoms with E-state index in [-0.39, 0.29) is 0 Å². The number of nitrogens with zero attached hydrogens (tertiary/aromatic N) is 1. The Morgan fingerprint density at radius 1 is 1.27 bits per heavy atom. The van der Waals surface area contributed by atoms with Crippen LogP contribution in [0.4, 0.5) is 0 Å². The van der Waals surface area contributed by atoms with E-state index in [1.807, 2.05) is 17.8 Å². The summed E-state index contributed by atoms with van der Waals surface area (Å²) in [5, 5.41) is 6.23. The van der Waals surface area contributed by atoms with Gasteiger partial charge in [-0.2, -0.15) is 0 Å². The average molecular weight is 393 g/mol. The molecule has 144 valence electrons. The van der Waals surface area contributed by atoms with Crippen molar-refractivity contribution < 1.29 is 0 Å². The van der Waals surface area contributed by atoms with E-state index in [9.17, 15) is 0 Å². The topological polar surface area (TPSA) is 24.4 Å². The van der Waals surface area contributed by atoms with Crippen LogP contribution in [-0.4, -0.2) is 17.0 Å². The maximum absolute atomic E-state index is 6.33. The lowest BCUT2D eigenvalue weighted by Gasteiger charge is -2.31. The molecule has 1 aliphatic rings. The first-order valence-electron chi connectivity index (χ1n) is 9.98. The SMILES string of the molecule is C=CCCCCCCCN=C1NC(c2ccc(C)c(Cl)c2)CC(CC)S1. The largest absolute Gasteiger partial charge is 0.358 e. The third-order valence-electron chi connectivity index (χ3n) is 4.95. The summed E-state index contributed by atoms with van der Waals surface area (Å²) < 4.78 is 0. The number of halogens is 1. The van der Waals surface area contributed by atoms with Crippen molar-refractivity contribution in [1.82, 2.24) is 5.32 Å². The number of unbranched alkanes of at least 4 members (excludes halogenated alkanes) is 5. The van der Waals surface area contributed by atoms with E-state index in [0.717, 1.165) is 35.1 Å². The van der Waals surface area contributed by atoms with Crippen LogP contribution in [0.3, 0.4) is 0 Å². The van der Waals surface area contributed by atoms with Crippen molar-refractivity contribution in [2.24, 2.45) is 4.99 Å². The lowest BCUT2D eigenvalue weighted by molar-refractivity contribution is 0.558. The van der Waals surface area contributed by atoms with Gasteiger partial charge in [-0.05, 0) is 56.2 Å². The molecule has 1 aromatic carbocycles. The molecule has 0 amide bonds. The third-order valence-corrected chi connectivity index (χ3v) is 6.69. The fourth-order valence-corrected chi connectivity index (χ4v) is 4.54. The number of aryl methyl sites for hydroxylation is 1. The standard InChI is InChI=1S/C22H33ClN2S/c1-4-6-7-8-9-10-11-14-24-22-25-21(16-19(5-2)26-22)18-13-12-17(3)20(23)15-18/h4,12-13,15,19,21H,1,5-11,14,16H2,2-3H3,(H,24,25). The maximum Gasteiger partial charge on any atom is 0.157 e. The van der Waals surface area contributed by atoms with Gasteiger partial charge >= 0.3 is 0 Å². The number of benzene rings is 1. The molecule has 0 saturated carbocycles. The Labute approximate surface area is 168 Å². The molecule has 0 bridgehead atoms. The fourth-order valence-electron chi connectivity index (χ4n) is 3.20. The molecule has 0 aliphatic carbocycles. The number of amidine groups is 1. The number of thioether (sulfide) groups is 1. The first kappa shape index (κ1) is 21.4. The molecule has 0 spiro atoms. The van der Waals surface area contributed by atoms with Gasteiger partial charge in [0.05, 0.1) is 6.04 Å². The Morgan fingerprint density at radius 3 is 2.77 bits per heavy atom. The molecule has 0 radical (unpaired) electrons. The zero-order valence-electron chi connectivity index (χ0n) is 16.3. The second kappa shape index (κ2) is 11.7. The van der Waals surface area contributed by atoms with Crippen LogP contribution in [0, 0.1) is 6.92 Å². The summed E-state index contributed by atoms with van der Waals surface area (Å²) in [6, 6.07) is 6.74. The van der Waals surface area contributed by atoms with Crippen LogP contribution in [0.1, 0.15) is 75.5 Å². The van der Waals surface area contributed by atoms with Gasteiger partial charge in [-0.15, -0.1) is 6.58 Å². The van der Waals surface area contributed by atoms with E-state index in [2.05, 4.69) is 43.9 Å². The van der Waals surface area contributed by atoms with Crippen LogP contribution >= 0.6 is 23.4 Å². The Morgan fingerprint density at radius 2 is 2.04 bits per heavy atom. The van der Waals surface area contributed by atoms with Gasteiger partial charge in [-0.25, -0.2) is 0 Å². The van der Waals surface area contributed by atoms with E-state index in [4.69, 9.17) is 16.6 Å². The lowest BCUT2D eigenvalue weighted by atomic mass is 9.99. The molecule has 1 aromatic rings. The highest BCUT2D eigenvalue weighted by Gasteiger charge is 2.26. The van der Waals surface area contributed by atoms with E-state index >= 15 is 0 Å². The fraction of sp³-hybridized carbons (Fsp3) is 0.591. The van der Waals surface area contributed by atoms with Gasteiger partial charge in [-0.1, -0.05) is 67.8 Å². The zero-order chi connectivity index (χ0) is 18.8. The highest BCUT2D eigenvalue weighted by atomic mass is 35.5. The minimum absolute atomic E-state index is 0.317. The Balaban J connectivity index is 1.85. The number of rotatable bonds is 10. The van der Waals surface area contributed by atoms with Gasteiger partial charge < -0.3 is 5.32 Å². The zero-order valence-corrected chi connectivity index (χ0v) is 17.8. The summed E-state index contributed by atoms with van der Waals surface area (Å²) in [6.07, 6.45) is 11.8. The molecular weight excluding hydrogens is 360 g/mol. The van der Waals surface area contributed by atoms with Gasteiger partial charge in [0.25, 0.3) is 0 Å². The number of allylic oxidation sites excluding steroid dienone is 1. The molecule has 1 fully saturated rings. The first-order chi connectivity index (χ1) is 12.6. The highest BCUT2D eigenvalue weighted by Crippen LogP contribution is 2.34. The second-order valence-electron chi connectivity index (χ2n) is 7.12. The van der Waals surface area contributed by atoms with Crippen molar-refractivity contribution in [3.63, 3.8) is 0 Å². The quantitative estimate of drug-likeness (QED) is 0.340. The summed E-state index contributed by atoms with van der Waals surface area (Å²) in [4.78, 5) is 4.85.